The highest BCUT2D eigenvalue weighted by Gasteiger charge is 2.11. The summed E-state index contributed by atoms with van der Waals surface area (Å²) in [6.45, 7) is 5.85. The normalized spacial score (nSPS) is 10.7. The van der Waals surface area contributed by atoms with Gasteiger partial charge in [0.05, 0.1) is 0 Å². The molecule has 2 aromatic carbocycles. The number of ether oxygens (including phenoxy) is 1. The van der Waals surface area contributed by atoms with Crippen molar-refractivity contribution in [2.24, 2.45) is 0 Å². The molecule has 0 atom stereocenters. The number of carbonyl (C=O) groups excluding carboxylic acids is 1. The van der Waals surface area contributed by atoms with Crippen molar-refractivity contribution in [1.29, 1.82) is 5.26 Å². The summed E-state index contributed by atoms with van der Waals surface area (Å²) in [5.41, 5.74) is 2.16. The molecule has 0 saturated heterocycles. The van der Waals surface area contributed by atoms with E-state index in [1.807, 2.05) is 13.0 Å². The van der Waals surface area contributed by atoms with E-state index in [1.165, 1.54) is 6.08 Å². The molecule has 0 radical (unpaired) electrons. The van der Waals surface area contributed by atoms with E-state index in [0.717, 1.165) is 11.1 Å². The van der Waals surface area contributed by atoms with Crippen LogP contribution in [0.5, 0.6) is 5.75 Å². The van der Waals surface area contributed by atoms with E-state index in [1.54, 1.807) is 48.5 Å². The molecule has 0 fully saturated rings. The first-order valence-corrected chi connectivity index (χ1v) is 7.94. The molecule has 25 heavy (non-hydrogen) atoms. The number of halogens is 1. The Balaban J connectivity index is 2.16. The van der Waals surface area contributed by atoms with Crippen molar-refractivity contribution in [3.8, 4) is 11.8 Å². The average Bonchev–Trinajstić information content (AvgIpc) is 2.61. The highest BCUT2D eigenvalue weighted by molar-refractivity contribution is 6.31. The fraction of sp³-hybridized carbons (Fsp3) is 0.100. The Hall–Kier alpha value is -3.03. The SMILES string of the molecule is C=CCOc1ccc(/C=C(\C#N)C(=O)Nc2cc(Cl)ccc2C)cc1. The van der Waals surface area contributed by atoms with Crippen LogP contribution in [0.4, 0.5) is 5.69 Å². The van der Waals surface area contributed by atoms with Crippen LogP contribution >= 0.6 is 11.6 Å². The third kappa shape index (κ3) is 5.23. The molecule has 0 aliphatic heterocycles. The molecule has 1 N–H and O–H groups in total. The Kier molecular flexibility index (Phi) is 6.39. The smallest absolute Gasteiger partial charge is 0.266 e. The Bertz CT molecular complexity index is 849. The van der Waals surface area contributed by atoms with Crippen molar-refractivity contribution in [3.63, 3.8) is 0 Å². The summed E-state index contributed by atoms with van der Waals surface area (Å²) in [7, 11) is 0. The predicted molar refractivity (Wildman–Crippen MR) is 101 cm³/mol. The quantitative estimate of drug-likeness (QED) is 0.463. The van der Waals surface area contributed by atoms with E-state index in [4.69, 9.17) is 16.3 Å². The number of nitrogens with one attached hydrogen (secondary N) is 1. The van der Waals surface area contributed by atoms with Crippen LogP contribution in [0.15, 0.2) is 60.7 Å². The zero-order chi connectivity index (χ0) is 18.2. The van der Waals surface area contributed by atoms with Gasteiger partial charge in [0.15, 0.2) is 0 Å². The summed E-state index contributed by atoms with van der Waals surface area (Å²) < 4.78 is 5.40. The summed E-state index contributed by atoms with van der Waals surface area (Å²) in [6.07, 6.45) is 3.18. The molecule has 0 spiro atoms. The molecule has 2 aromatic rings. The highest BCUT2D eigenvalue weighted by Crippen LogP contribution is 2.21. The first-order valence-electron chi connectivity index (χ1n) is 7.56. The fourth-order valence-electron chi connectivity index (χ4n) is 2.05. The van der Waals surface area contributed by atoms with Crippen LogP contribution < -0.4 is 10.1 Å². The van der Waals surface area contributed by atoms with Gasteiger partial charge in [0.2, 0.25) is 0 Å². The molecule has 0 aromatic heterocycles. The fourth-order valence-corrected chi connectivity index (χ4v) is 2.22. The van der Waals surface area contributed by atoms with Crippen molar-refractivity contribution < 1.29 is 9.53 Å². The molecule has 126 valence electrons. The summed E-state index contributed by atoms with van der Waals surface area (Å²) in [6, 6.07) is 14.2. The van der Waals surface area contributed by atoms with Crippen LogP contribution in [0.3, 0.4) is 0 Å². The maximum absolute atomic E-state index is 12.3. The van der Waals surface area contributed by atoms with Crippen LogP contribution in [-0.2, 0) is 4.79 Å². The van der Waals surface area contributed by atoms with Gasteiger partial charge in [0, 0.05) is 10.7 Å². The van der Waals surface area contributed by atoms with Gasteiger partial charge in [-0.2, -0.15) is 5.26 Å². The lowest BCUT2D eigenvalue weighted by Crippen LogP contribution is -2.14. The molecule has 2 rings (SSSR count). The van der Waals surface area contributed by atoms with E-state index >= 15 is 0 Å². The molecule has 1 amide bonds. The van der Waals surface area contributed by atoms with E-state index in [2.05, 4.69) is 11.9 Å². The van der Waals surface area contributed by atoms with Crippen molar-refractivity contribution in [1.82, 2.24) is 0 Å². The zero-order valence-electron chi connectivity index (χ0n) is 13.8. The third-order valence-corrected chi connectivity index (χ3v) is 3.61. The van der Waals surface area contributed by atoms with Gasteiger partial charge in [-0.3, -0.25) is 4.79 Å². The number of rotatable bonds is 6. The Morgan fingerprint density at radius 1 is 1.32 bits per heavy atom. The Morgan fingerprint density at radius 2 is 2.04 bits per heavy atom. The lowest BCUT2D eigenvalue weighted by molar-refractivity contribution is -0.112. The molecular weight excluding hydrogens is 336 g/mol. The lowest BCUT2D eigenvalue weighted by atomic mass is 10.1. The van der Waals surface area contributed by atoms with Crippen LogP contribution in [0, 0.1) is 18.3 Å². The number of amides is 1. The third-order valence-electron chi connectivity index (χ3n) is 3.37. The van der Waals surface area contributed by atoms with Gasteiger partial charge in [-0.25, -0.2) is 0 Å². The molecular formula is C20H17ClN2O2. The minimum atomic E-state index is -0.486. The largest absolute Gasteiger partial charge is 0.490 e. The van der Waals surface area contributed by atoms with E-state index in [9.17, 15) is 10.1 Å². The molecule has 0 bridgehead atoms. The van der Waals surface area contributed by atoms with Crippen molar-refractivity contribution in [2.45, 2.75) is 6.92 Å². The highest BCUT2D eigenvalue weighted by atomic mass is 35.5. The van der Waals surface area contributed by atoms with Crippen molar-refractivity contribution >= 4 is 29.3 Å². The molecule has 5 heteroatoms. The maximum Gasteiger partial charge on any atom is 0.266 e. The Labute approximate surface area is 152 Å². The minimum Gasteiger partial charge on any atom is -0.490 e. The maximum atomic E-state index is 12.3. The molecule has 4 nitrogen and oxygen atoms in total. The molecule has 0 aliphatic carbocycles. The predicted octanol–water partition coefficient (Wildman–Crippen LogP) is 4.76. The molecule has 0 unspecified atom stereocenters. The Morgan fingerprint density at radius 3 is 2.68 bits per heavy atom. The second-order valence-corrected chi connectivity index (χ2v) is 5.69. The standard InChI is InChI=1S/C20H17ClN2O2/c1-3-10-25-18-8-5-15(6-9-18)11-16(13-22)20(24)23-19-12-17(21)7-4-14(19)2/h3-9,11-12H,1,10H2,2H3,(H,23,24)/b16-11+. The first kappa shape index (κ1) is 18.3. The zero-order valence-corrected chi connectivity index (χ0v) is 14.5. The van der Waals surface area contributed by atoms with Gasteiger partial charge in [-0.15, -0.1) is 0 Å². The minimum absolute atomic E-state index is 0.000801. The number of aryl methyl sites for hydroxylation is 1. The van der Waals surface area contributed by atoms with Gasteiger partial charge < -0.3 is 10.1 Å². The summed E-state index contributed by atoms with van der Waals surface area (Å²) in [4.78, 5) is 12.3. The van der Waals surface area contributed by atoms with Crippen LogP contribution in [0.2, 0.25) is 5.02 Å². The van der Waals surface area contributed by atoms with E-state index in [-0.39, 0.29) is 5.57 Å². The van der Waals surface area contributed by atoms with Gasteiger partial charge in [0.1, 0.15) is 24.0 Å². The lowest BCUT2D eigenvalue weighted by Gasteiger charge is -2.08. The number of nitriles is 1. The van der Waals surface area contributed by atoms with Gasteiger partial charge in [-0.05, 0) is 48.4 Å². The second-order valence-electron chi connectivity index (χ2n) is 5.25. The van der Waals surface area contributed by atoms with Crippen LogP contribution in [-0.4, -0.2) is 12.5 Å². The molecule has 0 heterocycles. The van der Waals surface area contributed by atoms with E-state index in [0.29, 0.717) is 23.1 Å². The topological polar surface area (TPSA) is 62.1 Å². The molecule has 0 aliphatic rings. The van der Waals surface area contributed by atoms with Gasteiger partial charge in [0.25, 0.3) is 5.91 Å². The van der Waals surface area contributed by atoms with Gasteiger partial charge >= 0.3 is 0 Å². The summed E-state index contributed by atoms with van der Waals surface area (Å²) >= 11 is 5.95. The number of benzene rings is 2. The molecule has 0 saturated carbocycles. The number of carbonyl (C=O) groups is 1. The number of hydrogen-bond acceptors (Lipinski definition) is 3. The number of anilines is 1. The summed E-state index contributed by atoms with van der Waals surface area (Å²) in [5, 5.41) is 12.5. The van der Waals surface area contributed by atoms with Crippen LogP contribution in [0.25, 0.3) is 6.08 Å². The second kappa shape index (κ2) is 8.72. The van der Waals surface area contributed by atoms with Crippen molar-refractivity contribution in [3.05, 3.63) is 76.8 Å². The van der Waals surface area contributed by atoms with Crippen molar-refractivity contribution in [2.75, 3.05) is 11.9 Å². The van der Waals surface area contributed by atoms with Gasteiger partial charge in [-0.1, -0.05) is 42.5 Å². The number of nitrogens with zero attached hydrogens (tertiary/aromatic N) is 1. The first-order chi connectivity index (χ1) is 12.0. The summed E-state index contributed by atoms with van der Waals surface area (Å²) in [5.74, 6) is 0.203. The average molecular weight is 353 g/mol. The van der Waals surface area contributed by atoms with Crippen LogP contribution in [0.1, 0.15) is 11.1 Å². The monoisotopic (exact) mass is 352 g/mol. The number of hydrogen-bond donors (Lipinski definition) is 1. The van der Waals surface area contributed by atoms with E-state index < -0.39 is 5.91 Å².